The fourth-order valence-corrected chi connectivity index (χ4v) is 1.71. The second-order valence-corrected chi connectivity index (χ2v) is 4.21. The van der Waals surface area contributed by atoms with Gasteiger partial charge in [0.25, 0.3) is 0 Å². The van der Waals surface area contributed by atoms with Crippen molar-refractivity contribution in [3.8, 4) is 0 Å². The molecule has 0 saturated heterocycles. The molecule has 3 heteroatoms. The average Bonchev–Trinajstić information content (AvgIpc) is 2.31. The van der Waals surface area contributed by atoms with Gasteiger partial charge in [-0.2, -0.15) is 0 Å². The molecule has 3 nitrogen and oxygen atoms in total. The Morgan fingerprint density at radius 3 is 2.29 bits per heavy atom. The molecule has 0 heterocycles. The van der Waals surface area contributed by atoms with E-state index in [1.807, 2.05) is 32.9 Å². The van der Waals surface area contributed by atoms with Crippen molar-refractivity contribution < 1.29 is 14.6 Å². The molecule has 0 radical (unpaired) electrons. The molecule has 1 atom stereocenters. The number of aliphatic hydroxyl groups is 1. The van der Waals surface area contributed by atoms with Gasteiger partial charge in [-0.05, 0) is 43.0 Å². The fourth-order valence-electron chi connectivity index (χ4n) is 1.71. The lowest BCUT2D eigenvalue weighted by Crippen LogP contribution is -2.13. The van der Waals surface area contributed by atoms with Gasteiger partial charge in [0, 0.05) is 0 Å². The fraction of sp³-hybridized carbons (Fsp3) is 0.357. The lowest BCUT2D eigenvalue weighted by Gasteiger charge is -2.16. The van der Waals surface area contributed by atoms with Crippen LogP contribution in [0.3, 0.4) is 0 Å². The Morgan fingerprint density at radius 1 is 1.24 bits per heavy atom. The van der Waals surface area contributed by atoms with Crippen LogP contribution in [0.5, 0.6) is 0 Å². The van der Waals surface area contributed by atoms with Gasteiger partial charge in [0.2, 0.25) is 0 Å². The summed E-state index contributed by atoms with van der Waals surface area (Å²) in [5.74, 6) is -0.588. The SMILES string of the molecule is C=C(C(=O)OC)C(O)c1cc(C)c(C)cc1C. The van der Waals surface area contributed by atoms with E-state index in [1.54, 1.807) is 0 Å². The Bertz CT molecular complexity index is 461. The van der Waals surface area contributed by atoms with E-state index < -0.39 is 12.1 Å². The van der Waals surface area contributed by atoms with Gasteiger partial charge in [-0.3, -0.25) is 0 Å². The van der Waals surface area contributed by atoms with Gasteiger partial charge in [0.1, 0.15) is 6.10 Å². The Labute approximate surface area is 102 Å². The minimum absolute atomic E-state index is 0.0545. The number of methoxy groups -OCH3 is 1. The number of carbonyl (C=O) groups excluding carboxylic acids is 1. The standard InChI is InChI=1S/C14H18O3/c1-8-6-10(3)12(7-9(8)2)13(15)11(4)14(16)17-5/h6-7,13,15H,4H2,1-3,5H3. The number of rotatable bonds is 3. The number of hydrogen-bond donors (Lipinski definition) is 1. The molecule has 92 valence electrons. The van der Waals surface area contributed by atoms with Crippen LogP contribution in [0.1, 0.15) is 28.4 Å². The molecular formula is C14H18O3. The maximum absolute atomic E-state index is 11.3. The average molecular weight is 234 g/mol. The Morgan fingerprint density at radius 2 is 1.76 bits per heavy atom. The van der Waals surface area contributed by atoms with Crippen LogP contribution < -0.4 is 0 Å². The minimum atomic E-state index is -1.01. The van der Waals surface area contributed by atoms with Crippen LogP contribution >= 0.6 is 0 Å². The first kappa shape index (κ1) is 13.5. The molecule has 1 N–H and O–H groups in total. The number of ether oxygens (including phenoxy) is 1. The quantitative estimate of drug-likeness (QED) is 0.645. The zero-order valence-electron chi connectivity index (χ0n) is 10.7. The zero-order chi connectivity index (χ0) is 13.2. The Hall–Kier alpha value is -1.61. The van der Waals surface area contributed by atoms with Crippen LogP contribution in [-0.2, 0) is 9.53 Å². The van der Waals surface area contributed by atoms with Crippen LogP contribution in [-0.4, -0.2) is 18.2 Å². The maximum Gasteiger partial charge on any atom is 0.336 e. The molecule has 0 fully saturated rings. The van der Waals surface area contributed by atoms with Gasteiger partial charge in [-0.1, -0.05) is 18.7 Å². The van der Waals surface area contributed by atoms with Gasteiger partial charge >= 0.3 is 5.97 Å². The summed E-state index contributed by atoms with van der Waals surface area (Å²) in [7, 11) is 1.27. The van der Waals surface area contributed by atoms with E-state index in [-0.39, 0.29) is 5.57 Å². The number of esters is 1. The molecule has 17 heavy (non-hydrogen) atoms. The van der Waals surface area contributed by atoms with E-state index in [9.17, 15) is 9.90 Å². The summed E-state index contributed by atoms with van der Waals surface area (Å²) in [5, 5.41) is 10.1. The Balaban J connectivity index is 3.12. The van der Waals surface area contributed by atoms with Crippen molar-refractivity contribution in [1.29, 1.82) is 0 Å². The van der Waals surface area contributed by atoms with Crippen molar-refractivity contribution in [2.45, 2.75) is 26.9 Å². The Kier molecular flexibility index (Phi) is 4.07. The van der Waals surface area contributed by atoms with E-state index in [1.165, 1.54) is 7.11 Å². The first-order chi connectivity index (χ1) is 7.88. The van der Waals surface area contributed by atoms with Crippen molar-refractivity contribution in [2.24, 2.45) is 0 Å². The molecule has 0 aliphatic rings. The zero-order valence-corrected chi connectivity index (χ0v) is 10.7. The highest BCUT2D eigenvalue weighted by Gasteiger charge is 2.20. The summed E-state index contributed by atoms with van der Waals surface area (Å²) < 4.78 is 4.55. The van der Waals surface area contributed by atoms with Crippen LogP contribution in [0.4, 0.5) is 0 Å². The summed E-state index contributed by atoms with van der Waals surface area (Å²) in [5.41, 5.74) is 3.91. The first-order valence-corrected chi connectivity index (χ1v) is 5.41. The normalized spacial score (nSPS) is 12.1. The van der Waals surface area contributed by atoms with Crippen molar-refractivity contribution in [3.63, 3.8) is 0 Å². The van der Waals surface area contributed by atoms with Crippen molar-refractivity contribution >= 4 is 5.97 Å². The van der Waals surface area contributed by atoms with E-state index in [4.69, 9.17) is 0 Å². The van der Waals surface area contributed by atoms with Crippen LogP contribution in [0, 0.1) is 20.8 Å². The lowest BCUT2D eigenvalue weighted by molar-refractivity contribution is -0.137. The van der Waals surface area contributed by atoms with E-state index in [0.717, 1.165) is 16.7 Å². The molecular weight excluding hydrogens is 216 g/mol. The third-order valence-electron chi connectivity index (χ3n) is 2.95. The minimum Gasteiger partial charge on any atom is -0.466 e. The van der Waals surface area contributed by atoms with Crippen molar-refractivity contribution in [3.05, 3.63) is 46.5 Å². The molecule has 0 aromatic heterocycles. The number of aryl methyl sites for hydroxylation is 3. The third kappa shape index (κ3) is 2.74. The van der Waals surface area contributed by atoms with E-state index >= 15 is 0 Å². The molecule has 1 aromatic rings. The summed E-state index contributed by atoms with van der Waals surface area (Å²) in [6.45, 7) is 9.44. The van der Waals surface area contributed by atoms with Crippen molar-refractivity contribution in [2.75, 3.05) is 7.11 Å². The summed E-state index contributed by atoms with van der Waals surface area (Å²) in [6, 6.07) is 3.86. The predicted octanol–water partition coefficient (Wildman–Crippen LogP) is 2.37. The van der Waals surface area contributed by atoms with Crippen LogP contribution in [0.2, 0.25) is 0 Å². The van der Waals surface area contributed by atoms with Crippen LogP contribution in [0.25, 0.3) is 0 Å². The largest absolute Gasteiger partial charge is 0.466 e. The molecule has 0 saturated carbocycles. The van der Waals surface area contributed by atoms with Gasteiger partial charge in [0.05, 0.1) is 12.7 Å². The van der Waals surface area contributed by atoms with Gasteiger partial charge in [-0.15, -0.1) is 0 Å². The molecule has 1 aromatic carbocycles. The van der Waals surface area contributed by atoms with E-state index in [0.29, 0.717) is 5.56 Å². The highest BCUT2D eigenvalue weighted by Crippen LogP contribution is 2.26. The summed E-state index contributed by atoms with van der Waals surface area (Å²) in [4.78, 5) is 11.3. The second-order valence-electron chi connectivity index (χ2n) is 4.21. The van der Waals surface area contributed by atoms with E-state index in [2.05, 4.69) is 11.3 Å². The molecule has 0 aliphatic carbocycles. The molecule has 1 rings (SSSR count). The molecule has 0 spiro atoms. The number of benzene rings is 1. The molecule has 0 aliphatic heterocycles. The van der Waals surface area contributed by atoms with Crippen molar-refractivity contribution in [1.82, 2.24) is 0 Å². The molecule has 0 amide bonds. The maximum atomic E-state index is 11.3. The van der Waals surface area contributed by atoms with Crippen LogP contribution in [0.15, 0.2) is 24.3 Å². The smallest absolute Gasteiger partial charge is 0.336 e. The summed E-state index contributed by atoms with van der Waals surface area (Å²) >= 11 is 0. The number of hydrogen-bond acceptors (Lipinski definition) is 3. The topological polar surface area (TPSA) is 46.5 Å². The summed E-state index contributed by atoms with van der Waals surface area (Å²) in [6.07, 6.45) is -1.01. The highest BCUT2D eigenvalue weighted by atomic mass is 16.5. The third-order valence-corrected chi connectivity index (χ3v) is 2.95. The predicted molar refractivity (Wildman–Crippen MR) is 66.8 cm³/mol. The van der Waals surface area contributed by atoms with Gasteiger partial charge in [-0.25, -0.2) is 4.79 Å². The molecule has 1 unspecified atom stereocenters. The second kappa shape index (κ2) is 5.15. The monoisotopic (exact) mass is 234 g/mol. The number of aliphatic hydroxyl groups excluding tert-OH is 1. The number of carbonyl (C=O) groups is 1. The van der Waals surface area contributed by atoms with Gasteiger partial charge in [0.15, 0.2) is 0 Å². The molecule has 0 bridgehead atoms. The first-order valence-electron chi connectivity index (χ1n) is 5.41. The highest BCUT2D eigenvalue weighted by molar-refractivity contribution is 5.89. The van der Waals surface area contributed by atoms with Gasteiger partial charge < -0.3 is 9.84 Å². The lowest BCUT2D eigenvalue weighted by atomic mass is 9.94.